The van der Waals surface area contributed by atoms with Gasteiger partial charge in [0.25, 0.3) is 0 Å². The van der Waals surface area contributed by atoms with Crippen LogP contribution in [0.25, 0.3) is 32.9 Å². The maximum absolute atomic E-state index is 13.4. The van der Waals surface area contributed by atoms with Gasteiger partial charge in [0.15, 0.2) is 34.7 Å². The van der Waals surface area contributed by atoms with Crippen LogP contribution in [0.1, 0.15) is 6.92 Å². The Balaban J connectivity index is 1.43. The summed E-state index contributed by atoms with van der Waals surface area (Å²) < 4.78 is 34.3. The Morgan fingerprint density at radius 2 is 1.50 bits per heavy atom. The lowest BCUT2D eigenvalue weighted by Crippen LogP contribution is -2.64. The van der Waals surface area contributed by atoms with E-state index in [0.29, 0.717) is 5.39 Å². The van der Waals surface area contributed by atoms with E-state index in [4.69, 9.17) is 27.8 Å². The molecule has 0 bridgehead atoms. The Morgan fingerprint density at radius 3 is 2.26 bits per heavy atom. The lowest BCUT2D eigenvalue weighted by atomic mass is 9.97. The summed E-state index contributed by atoms with van der Waals surface area (Å²) >= 11 is 0. The molecule has 4 heterocycles. The molecule has 6 N–H and O–H groups in total. The zero-order valence-corrected chi connectivity index (χ0v) is 22.0. The molecule has 14 heteroatoms. The van der Waals surface area contributed by atoms with Crippen molar-refractivity contribution in [2.45, 2.75) is 68.3 Å². The first kappa shape index (κ1) is 28.7. The van der Waals surface area contributed by atoms with Crippen LogP contribution in [0.15, 0.2) is 60.9 Å². The number of rotatable bonds is 5. The smallest absolute Gasteiger partial charge is 0.351 e. The monoisotopic (exact) mass is 588 g/mol. The molecule has 2 aliphatic heterocycles. The Kier molecular flexibility index (Phi) is 7.51. The van der Waals surface area contributed by atoms with Gasteiger partial charge in [-0.15, -0.1) is 0 Å². The van der Waals surface area contributed by atoms with Crippen molar-refractivity contribution < 1.29 is 58.4 Å². The maximum Gasteiger partial charge on any atom is 0.351 e. The zero-order chi connectivity index (χ0) is 29.9. The average molecular weight is 589 g/mol. The predicted molar refractivity (Wildman–Crippen MR) is 142 cm³/mol. The molecular formula is C28H28O14. The molecule has 42 heavy (non-hydrogen) atoms. The van der Waals surface area contributed by atoms with Gasteiger partial charge >= 0.3 is 5.63 Å². The molecule has 2 aliphatic rings. The maximum atomic E-state index is 13.4. The number of aliphatic hydroxyl groups excluding tert-OH is 6. The fourth-order valence-corrected chi connectivity index (χ4v) is 5.25. The molecule has 224 valence electrons. The van der Waals surface area contributed by atoms with E-state index < -0.39 is 79.1 Å². The lowest BCUT2D eigenvalue weighted by Gasteiger charge is -2.45. The Morgan fingerprint density at radius 1 is 0.762 bits per heavy atom. The fraction of sp³-hybridized carbons (Fsp3) is 0.429. The Hall–Kier alpha value is -3.44. The molecule has 2 aromatic heterocycles. The van der Waals surface area contributed by atoms with Gasteiger partial charge in [0, 0.05) is 0 Å². The normalized spacial score (nSPS) is 33.8. The molecule has 2 aromatic carbocycles. The van der Waals surface area contributed by atoms with Crippen LogP contribution in [0.3, 0.4) is 0 Å². The van der Waals surface area contributed by atoms with Crippen molar-refractivity contribution >= 4 is 32.9 Å². The SMILES string of the molecule is C[C@@H]1O[C@H](O[C@H]2[C@@H](Oc3cccc4c(=O)c5c(=O)oc6ccccc6c5oc34)O[C@H](CO)[C@@H](O)[C@@H]2O)[C@H](O)[C@H](O)[C@H]1O. The van der Waals surface area contributed by atoms with Crippen molar-refractivity contribution in [2.24, 2.45) is 0 Å². The molecule has 0 unspecified atom stereocenters. The van der Waals surface area contributed by atoms with E-state index in [0.717, 1.165) is 0 Å². The summed E-state index contributed by atoms with van der Waals surface area (Å²) in [5.74, 6) is -0.0864. The highest BCUT2D eigenvalue weighted by atomic mass is 16.8. The van der Waals surface area contributed by atoms with Crippen LogP contribution in [-0.2, 0) is 14.2 Å². The third-order valence-electron chi connectivity index (χ3n) is 7.59. The largest absolute Gasteiger partial charge is 0.458 e. The fourth-order valence-electron chi connectivity index (χ4n) is 5.25. The van der Waals surface area contributed by atoms with E-state index in [9.17, 15) is 40.2 Å². The van der Waals surface area contributed by atoms with E-state index >= 15 is 0 Å². The first-order valence-electron chi connectivity index (χ1n) is 13.2. The third-order valence-corrected chi connectivity index (χ3v) is 7.59. The number of para-hydroxylation sites is 2. The van der Waals surface area contributed by atoms with Crippen molar-refractivity contribution in [3.8, 4) is 5.75 Å². The van der Waals surface area contributed by atoms with Gasteiger partial charge in [0.05, 0.1) is 23.5 Å². The molecule has 0 aliphatic carbocycles. The van der Waals surface area contributed by atoms with Gasteiger partial charge in [0.1, 0.15) is 42.2 Å². The summed E-state index contributed by atoms with van der Waals surface area (Å²) in [6.07, 6.45) is -15.3. The number of ether oxygens (including phenoxy) is 4. The van der Waals surface area contributed by atoms with Gasteiger partial charge in [0.2, 0.25) is 11.7 Å². The van der Waals surface area contributed by atoms with Crippen LogP contribution >= 0.6 is 0 Å². The summed E-state index contributed by atoms with van der Waals surface area (Å²) in [4.78, 5) is 26.1. The van der Waals surface area contributed by atoms with Gasteiger partial charge < -0.3 is 58.4 Å². The van der Waals surface area contributed by atoms with Crippen LogP contribution < -0.4 is 15.8 Å². The molecule has 0 saturated carbocycles. The van der Waals surface area contributed by atoms with E-state index in [1.54, 1.807) is 24.3 Å². The number of hydrogen-bond donors (Lipinski definition) is 6. The van der Waals surface area contributed by atoms with Gasteiger partial charge in [-0.3, -0.25) is 4.79 Å². The third kappa shape index (κ3) is 4.66. The van der Waals surface area contributed by atoms with Crippen LogP contribution in [0.4, 0.5) is 0 Å². The lowest BCUT2D eigenvalue weighted by molar-refractivity contribution is -0.354. The van der Waals surface area contributed by atoms with Crippen molar-refractivity contribution in [1.82, 2.24) is 0 Å². The second-order valence-electron chi connectivity index (χ2n) is 10.3. The van der Waals surface area contributed by atoms with Gasteiger partial charge in [-0.05, 0) is 31.2 Å². The number of aliphatic hydroxyl groups is 6. The Bertz CT molecular complexity index is 1730. The molecule has 0 amide bonds. The van der Waals surface area contributed by atoms with Gasteiger partial charge in [-0.1, -0.05) is 18.2 Å². The van der Waals surface area contributed by atoms with Crippen molar-refractivity contribution in [2.75, 3.05) is 6.61 Å². The average Bonchev–Trinajstić information content (AvgIpc) is 2.98. The molecule has 10 atom stereocenters. The minimum atomic E-state index is -1.76. The first-order chi connectivity index (χ1) is 20.1. The molecular weight excluding hydrogens is 560 g/mol. The minimum absolute atomic E-state index is 0.0351. The van der Waals surface area contributed by atoms with E-state index in [2.05, 4.69) is 0 Å². The minimum Gasteiger partial charge on any atom is -0.458 e. The van der Waals surface area contributed by atoms with Crippen molar-refractivity contribution in [1.29, 1.82) is 0 Å². The van der Waals surface area contributed by atoms with Gasteiger partial charge in [-0.25, -0.2) is 4.79 Å². The summed E-state index contributed by atoms with van der Waals surface area (Å²) in [7, 11) is 0. The molecule has 6 rings (SSSR count). The molecule has 14 nitrogen and oxygen atoms in total. The quantitative estimate of drug-likeness (QED) is 0.0944. The van der Waals surface area contributed by atoms with Crippen LogP contribution in [0.2, 0.25) is 0 Å². The predicted octanol–water partition coefficient (Wildman–Crippen LogP) is -0.917. The first-order valence-corrected chi connectivity index (χ1v) is 13.2. The summed E-state index contributed by atoms with van der Waals surface area (Å²) in [6.45, 7) is 0.716. The second-order valence-corrected chi connectivity index (χ2v) is 10.3. The molecule has 2 saturated heterocycles. The number of benzene rings is 2. The van der Waals surface area contributed by atoms with E-state index in [1.165, 1.54) is 25.1 Å². The highest BCUT2D eigenvalue weighted by Gasteiger charge is 2.51. The van der Waals surface area contributed by atoms with Gasteiger partial charge in [-0.2, -0.15) is 0 Å². The summed E-state index contributed by atoms with van der Waals surface area (Å²) in [5, 5.41) is 61.9. The van der Waals surface area contributed by atoms with Crippen LogP contribution in [0.5, 0.6) is 5.75 Å². The van der Waals surface area contributed by atoms with Crippen molar-refractivity contribution in [3.05, 3.63) is 63.1 Å². The summed E-state index contributed by atoms with van der Waals surface area (Å²) in [6, 6.07) is 10.8. The molecule has 0 radical (unpaired) electrons. The van der Waals surface area contributed by atoms with Crippen molar-refractivity contribution in [3.63, 3.8) is 0 Å². The molecule has 0 spiro atoms. The Labute approximate surface area is 235 Å². The van der Waals surface area contributed by atoms with Crippen LogP contribution in [0, 0.1) is 0 Å². The van der Waals surface area contributed by atoms with Crippen LogP contribution in [-0.4, -0.2) is 98.7 Å². The number of hydrogen-bond acceptors (Lipinski definition) is 14. The zero-order valence-electron chi connectivity index (χ0n) is 22.0. The molecule has 4 aromatic rings. The summed E-state index contributed by atoms with van der Waals surface area (Å²) in [5.41, 5.74) is -1.51. The standard InChI is InChI=1S/C28H28O14/c1-10-17(30)20(33)22(35)27(37-10)42-25-21(34)19(32)15(9-29)40-28(25)39-14-8-4-6-12-18(31)16-24(41-23(12)14)11-5-2-3-7-13(11)38-26(16)36/h2-8,10,15,17,19-22,25,27-30,32-35H,9H2,1H3/t10-,15+,17-,19+,20+,21-,22+,25+,27+,28-/m0/s1. The highest BCUT2D eigenvalue weighted by molar-refractivity contribution is 6.04. The molecule has 2 fully saturated rings. The highest BCUT2D eigenvalue weighted by Crippen LogP contribution is 2.34. The number of fused-ring (bicyclic) bond motifs is 4. The second kappa shape index (κ2) is 11.0. The topological polar surface area (TPSA) is 219 Å². The van der Waals surface area contributed by atoms with E-state index in [-0.39, 0.29) is 33.3 Å². The van der Waals surface area contributed by atoms with E-state index in [1.807, 2.05) is 0 Å².